The van der Waals surface area contributed by atoms with E-state index in [2.05, 4.69) is 6.58 Å². The molecular formula is C25H30N2O6. The molecule has 2 aromatic rings. The summed E-state index contributed by atoms with van der Waals surface area (Å²) in [5, 5.41) is 0. The topological polar surface area (TPSA) is 85.4 Å². The van der Waals surface area contributed by atoms with Crippen molar-refractivity contribution in [1.82, 2.24) is 0 Å². The van der Waals surface area contributed by atoms with Crippen LogP contribution in [0.25, 0.3) is 0 Å². The van der Waals surface area contributed by atoms with E-state index < -0.39 is 24.0 Å². The number of nitrogens with zero attached hydrogens (tertiary/aromatic N) is 2. The standard InChI is InChI=1S/C25H30N2O6/c1-6-23(28)33-22(16-31-24(29)18-8-12-20(13-9-18)26(3)4)17-32-25(30)19-10-14-21(15-11-19)27(5)7-2/h6,8-15,22H,1,7,16-17H2,2-5H3. The van der Waals surface area contributed by atoms with Crippen molar-refractivity contribution in [3.05, 3.63) is 72.3 Å². The molecule has 0 bridgehead atoms. The second kappa shape index (κ2) is 12.3. The third-order valence-electron chi connectivity index (χ3n) is 4.89. The minimum atomic E-state index is -0.977. The Hall–Kier alpha value is -3.81. The summed E-state index contributed by atoms with van der Waals surface area (Å²) in [5.41, 5.74) is 2.61. The predicted molar refractivity (Wildman–Crippen MR) is 127 cm³/mol. The van der Waals surface area contributed by atoms with Gasteiger partial charge in [0, 0.05) is 45.1 Å². The Labute approximate surface area is 194 Å². The number of esters is 3. The molecule has 0 N–H and O–H groups in total. The lowest BCUT2D eigenvalue weighted by Gasteiger charge is -2.18. The van der Waals surface area contributed by atoms with Gasteiger partial charge in [-0.05, 0) is 55.5 Å². The molecule has 0 saturated heterocycles. The Balaban J connectivity index is 1.96. The third-order valence-corrected chi connectivity index (χ3v) is 4.89. The molecule has 0 spiro atoms. The number of carbonyl (C=O) groups is 3. The minimum Gasteiger partial charge on any atom is -0.458 e. The first kappa shape index (κ1) is 25.5. The summed E-state index contributed by atoms with van der Waals surface area (Å²) < 4.78 is 15.7. The van der Waals surface area contributed by atoms with Crippen LogP contribution < -0.4 is 9.80 Å². The summed E-state index contributed by atoms with van der Waals surface area (Å²) in [6, 6.07) is 13.8. The molecule has 0 aliphatic carbocycles. The van der Waals surface area contributed by atoms with Crippen molar-refractivity contribution in [1.29, 1.82) is 0 Å². The lowest BCUT2D eigenvalue weighted by Crippen LogP contribution is -2.30. The molecule has 33 heavy (non-hydrogen) atoms. The molecular weight excluding hydrogens is 424 g/mol. The minimum absolute atomic E-state index is 0.276. The van der Waals surface area contributed by atoms with E-state index in [9.17, 15) is 14.4 Å². The molecule has 1 unspecified atom stereocenters. The van der Waals surface area contributed by atoms with Gasteiger partial charge >= 0.3 is 17.9 Å². The Kier molecular flexibility index (Phi) is 9.47. The van der Waals surface area contributed by atoms with Gasteiger partial charge in [0.2, 0.25) is 0 Å². The molecule has 8 heteroatoms. The number of benzene rings is 2. The molecule has 1 atom stereocenters. The number of ether oxygens (including phenoxy) is 3. The van der Waals surface area contributed by atoms with Gasteiger partial charge in [-0.2, -0.15) is 0 Å². The van der Waals surface area contributed by atoms with Crippen molar-refractivity contribution in [2.75, 3.05) is 50.7 Å². The summed E-state index contributed by atoms with van der Waals surface area (Å²) in [7, 11) is 5.74. The number of carbonyl (C=O) groups excluding carboxylic acids is 3. The Morgan fingerprint density at radius 1 is 0.848 bits per heavy atom. The van der Waals surface area contributed by atoms with E-state index >= 15 is 0 Å². The molecule has 0 radical (unpaired) electrons. The van der Waals surface area contributed by atoms with Crippen molar-refractivity contribution in [2.24, 2.45) is 0 Å². The molecule has 0 fully saturated rings. The van der Waals surface area contributed by atoms with E-state index in [1.807, 2.05) is 50.0 Å². The summed E-state index contributed by atoms with van der Waals surface area (Å²) in [4.78, 5) is 40.3. The monoisotopic (exact) mass is 454 g/mol. The smallest absolute Gasteiger partial charge is 0.338 e. The van der Waals surface area contributed by atoms with Gasteiger partial charge in [-0.25, -0.2) is 14.4 Å². The molecule has 0 amide bonds. The molecule has 0 aliphatic heterocycles. The van der Waals surface area contributed by atoms with Crippen molar-refractivity contribution < 1.29 is 28.6 Å². The Morgan fingerprint density at radius 2 is 1.30 bits per heavy atom. The van der Waals surface area contributed by atoms with Gasteiger partial charge in [0.05, 0.1) is 11.1 Å². The van der Waals surface area contributed by atoms with Gasteiger partial charge in [0.1, 0.15) is 13.2 Å². The van der Waals surface area contributed by atoms with Crippen LogP contribution in [0.3, 0.4) is 0 Å². The van der Waals surface area contributed by atoms with Crippen LogP contribution in [0.4, 0.5) is 11.4 Å². The Morgan fingerprint density at radius 3 is 1.70 bits per heavy atom. The highest BCUT2D eigenvalue weighted by Gasteiger charge is 2.20. The van der Waals surface area contributed by atoms with Crippen LogP contribution in [0, 0.1) is 0 Å². The van der Waals surface area contributed by atoms with E-state index in [0.717, 1.165) is 24.0 Å². The number of hydrogen-bond acceptors (Lipinski definition) is 8. The van der Waals surface area contributed by atoms with Gasteiger partial charge in [0.15, 0.2) is 6.10 Å². The Bertz CT molecular complexity index is 954. The zero-order chi connectivity index (χ0) is 24.4. The number of rotatable bonds is 11. The van der Waals surface area contributed by atoms with E-state index in [-0.39, 0.29) is 13.2 Å². The largest absolute Gasteiger partial charge is 0.458 e. The number of hydrogen-bond donors (Lipinski definition) is 0. The highest BCUT2D eigenvalue weighted by Crippen LogP contribution is 2.15. The van der Waals surface area contributed by atoms with E-state index in [4.69, 9.17) is 14.2 Å². The van der Waals surface area contributed by atoms with Crippen molar-refractivity contribution in [3.63, 3.8) is 0 Å². The molecule has 0 aliphatic rings. The second-order valence-electron chi connectivity index (χ2n) is 7.46. The predicted octanol–water partition coefficient (Wildman–Crippen LogP) is 3.32. The fourth-order valence-corrected chi connectivity index (χ4v) is 2.76. The van der Waals surface area contributed by atoms with Crippen molar-refractivity contribution in [2.45, 2.75) is 13.0 Å². The average Bonchev–Trinajstić information content (AvgIpc) is 2.84. The first-order chi connectivity index (χ1) is 15.7. The zero-order valence-corrected chi connectivity index (χ0v) is 19.4. The van der Waals surface area contributed by atoms with Crippen LogP contribution in [-0.2, 0) is 19.0 Å². The van der Waals surface area contributed by atoms with E-state index in [0.29, 0.717) is 11.1 Å². The quantitative estimate of drug-likeness (QED) is 0.290. The van der Waals surface area contributed by atoms with Gasteiger partial charge < -0.3 is 24.0 Å². The number of anilines is 2. The molecule has 176 valence electrons. The van der Waals surface area contributed by atoms with Crippen LogP contribution in [0.5, 0.6) is 0 Å². The zero-order valence-electron chi connectivity index (χ0n) is 19.4. The van der Waals surface area contributed by atoms with E-state index in [1.165, 1.54) is 0 Å². The summed E-state index contributed by atoms with van der Waals surface area (Å²) in [6.07, 6.45) is 0.00878. The molecule has 0 saturated carbocycles. The normalized spacial score (nSPS) is 11.2. The van der Waals surface area contributed by atoms with Crippen LogP contribution in [0.1, 0.15) is 27.6 Å². The summed E-state index contributed by atoms with van der Waals surface area (Å²) in [5.74, 6) is -1.87. The van der Waals surface area contributed by atoms with Crippen LogP contribution in [0.15, 0.2) is 61.2 Å². The van der Waals surface area contributed by atoms with Gasteiger partial charge in [-0.1, -0.05) is 6.58 Å². The molecule has 2 rings (SSSR count). The first-order valence-corrected chi connectivity index (χ1v) is 10.5. The summed E-state index contributed by atoms with van der Waals surface area (Å²) in [6.45, 7) is 5.66. The fourth-order valence-electron chi connectivity index (χ4n) is 2.76. The maximum Gasteiger partial charge on any atom is 0.338 e. The van der Waals surface area contributed by atoms with Crippen LogP contribution in [-0.4, -0.2) is 64.9 Å². The highest BCUT2D eigenvalue weighted by molar-refractivity contribution is 5.90. The van der Waals surface area contributed by atoms with Crippen molar-refractivity contribution >= 4 is 29.3 Å². The van der Waals surface area contributed by atoms with Gasteiger partial charge in [0.25, 0.3) is 0 Å². The molecule has 8 nitrogen and oxygen atoms in total. The molecule has 0 aromatic heterocycles. The second-order valence-corrected chi connectivity index (χ2v) is 7.46. The van der Waals surface area contributed by atoms with Crippen LogP contribution >= 0.6 is 0 Å². The maximum absolute atomic E-state index is 12.4. The molecule has 0 heterocycles. The fraction of sp³-hybridized carbons (Fsp3) is 0.320. The van der Waals surface area contributed by atoms with Crippen LogP contribution in [0.2, 0.25) is 0 Å². The lowest BCUT2D eigenvalue weighted by atomic mass is 10.2. The lowest BCUT2D eigenvalue weighted by molar-refractivity contribution is -0.147. The highest BCUT2D eigenvalue weighted by atomic mass is 16.6. The van der Waals surface area contributed by atoms with Gasteiger partial charge in [-0.3, -0.25) is 0 Å². The SMILES string of the molecule is C=CC(=O)OC(COC(=O)c1ccc(N(C)C)cc1)COC(=O)c1ccc(N(C)CC)cc1. The summed E-state index contributed by atoms with van der Waals surface area (Å²) >= 11 is 0. The maximum atomic E-state index is 12.4. The van der Waals surface area contributed by atoms with Gasteiger partial charge in [-0.15, -0.1) is 0 Å². The van der Waals surface area contributed by atoms with E-state index in [1.54, 1.807) is 36.4 Å². The average molecular weight is 455 g/mol. The molecule has 2 aromatic carbocycles. The first-order valence-electron chi connectivity index (χ1n) is 10.5. The van der Waals surface area contributed by atoms with Crippen molar-refractivity contribution in [3.8, 4) is 0 Å². The third kappa shape index (κ3) is 7.68.